The highest BCUT2D eigenvalue weighted by atomic mass is 16.6. The molecule has 0 radical (unpaired) electrons. The average Bonchev–Trinajstić information content (AvgIpc) is 2.19. The van der Waals surface area contributed by atoms with Crippen LogP contribution in [-0.2, 0) is 11.3 Å². The van der Waals surface area contributed by atoms with Gasteiger partial charge in [0.15, 0.2) is 0 Å². The third-order valence-corrected chi connectivity index (χ3v) is 2.37. The molecule has 1 rings (SSSR count). The molecule has 2 N–H and O–H groups in total. The lowest BCUT2D eigenvalue weighted by molar-refractivity contribution is 0.140. The number of ether oxygens (including phenoxy) is 1. The van der Waals surface area contributed by atoms with Gasteiger partial charge in [-0.1, -0.05) is 12.1 Å². The van der Waals surface area contributed by atoms with Gasteiger partial charge in [0, 0.05) is 6.42 Å². The summed E-state index contributed by atoms with van der Waals surface area (Å²) < 4.78 is 5.36. The number of nitrogens with two attached hydrogens (primary N) is 1. The molecule has 14 heavy (non-hydrogen) atoms. The van der Waals surface area contributed by atoms with Crippen molar-refractivity contribution in [3.8, 4) is 5.75 Å². The first kappa shape index (κ1) is 11.0. The summed E-state index contributed by atoms with van der Waals surface area (Å²) >= 11 is 0. The van der Waals surface area contributed by atoms with Crippen molar-refractivity contribution in [3.63, 3.8) is 0 Å². The summed E-state index contributed by atoms with van der Waals surface area (Å²) in [6, 6.07) is 4.14. The molecule has 0 heterocycles. The standard InChI is InChI=1S/C11H17NO2/c1-8-4-5-9(2)11(13-3)10(8)6-7-14-12/h4-5H,6-7,12H2,1-3H3. The van der Waals surface area contributed by atoms with Gasteiger partial charge in [0.25, 0.3) is 0 Å². The third kappa shape index (κ3) is 2.25. The van der Waals surface area contributed by atoms with Crippen LogP contribution < -0.4 is 10.6 Å². The Hall–Kier alpha value is -1.06. The smallest absolute Gasteiger partial charge is 0.125 e. The van der Waals surface area contributed by atoms with Crippen LogP contribution in [0, 0.1) is 13.8 Å². The predicted octanol–water partition coefficient (Wildman–Crippen LogP) is 1.74. The molecule has 3 heteroatoms. The first-order valence-electron chi connectivity index (χ1n) is 4.65. The summed E-state index contributed by atoms with van der Waals surface area (Å²) in [5.41, 5.74) is 3.53. The van der Waals surface area contributed by atoms with Crippen LogP contribution in [0.5, 0.6) is 5.75 Å². The molecular weight excluding hydrogens is 178 g/mol. The fourth-order valence-electron chi connectivity index (χ4n) is 1.60. The number of hydrogen-bond acceptors (Lipinski definition) is 3. The Labute approximate surface area is 84.8 Å². The number of benzene rings is 1. The second kappa shape index (κ2) is 4.98. The van der Waals surface area contributed by atoms with E-state index in [1.807, 2.05) is 6.92 Å². The molecule has 3 nitrogen and oxygen atoms in total. The summed E-state index contributed by atoms with van der Waals surface area (Å²) in [6.07, 6.45) is 0.785. The van der Waals surface area contributed by atoms with E-state index in [9.17, 15) is 0 Å². The normalized spacial score (nSPS) is 10.3. The summed E-state index contributed by atoms with van der Waals surface area (Å²) in [7, 11) is 1.69. The van der Waals surface area contributed by atoms with Crippen LogP contribution in [0.15, 0.2) is 12.1 Å². The topological polar surface area (TPSA) is 44.5 Å². The van der Waals surface area contributed by atoms with E-state index < -0.39 is 0 Å². The predicted molar refractivity (Wildman–Crippen MR) is 56.3 cm³/mol. The molecule has 0 aliphatic heterocycles. The largest absolute Gasteiger partial charge is 0.496 e. The molecule has 0 atom stereocenters. The Morgan fingerprint density at radius 1 is 1.21 bits per heavy atom. The van der Waals surface area contributed by atoms with Gasteiger partial charge in [-0.25, -0.2) is 5.90 Å². The molecule has 0 aromatic heterocycles. The Balaban J connectivity index is 3.03. The van der Waals surface area contributed by atoms with Crippen LogP contribution in [0.1, 0.15) is 16.7 Å². The van der Waals surface area contributed by atoms with Gasteiger partial charge in [-0.05, 0) is 30.5 Å². The Morgan fingerprint density at radius 2 is 1.86 bits per heavy atom. The molecule has 0 aliphatic carbocycles. The Morgan fingerprint density at radius 3 is 2.43 bits per heavy atom. The van der Waals surface area contributed by atoms with Crippen molar-refractivity contribution >= 4 is 0 Å². The maximum absolute atomic E-state index is 5.36. The van der Waals surface area contributed by atoms with Gasteiger partial charge in [0.1, 0.15) is 5.75 Å². The van der Waals surface area contributed by atoms with Crippen molar-refractivity contribution in [2.24, 2.45) is 5.90 Å². The maximum Gasteiger partial charge on any atom is 0.125 e. The highest BCUT2D eigenvalue weighted by Crippen LogP contribution is 2.26. The SMILES string of the molecule is COc1c(C)ccc(C)c1CCON. The molecule has 0 aliphatic rings. The van der Waals surface area contributed by atoms with Crippen LogP contribution in [0.4, 0.5) is 0 Å². The van der Waals surface area contributed by atoms with E-state index in [1.54, 1.807) is 7.11 Å². The van der Waals surface area contributed by atoms with Crippen molar-refractivity contribution < 1.29 is 9.57 Å². The maximum atomic E-state index is 5.36. The summed E-state index contributed by atoms with van der Waals surface area (Å²) in [4.78, 5) is 4.58. The van der Waals surface area contributed by atoms with Crippen LogP contribution in [0.3, 0.4) is 0 Å². The van der Waals surface area contributed by atoms with E-state index in [4.69, 9.17) is 10.6 Å². The number of methoxy groups -OCH3 is 1. The monoisotopic (exact) mass is 195 g/mol. The zero-order chi connectivity index (χ0) is 10.6. The van der Waals surface area contributed by atoms with E-state index in [2.05, 4.69) is 23.9 Å². The number of aryl methyl sites for hydroxylation is 2. The van der Waals surface area contributed by atoms with Crippen LogP contribution in [0.2, 0.25) is 0 Å². The molecule has 0 saturated carbocycles. The molecule has 0 bridgehead atoms. The quantitative estimate of drug-likeness (QED) is 0.744. The van der Waals surface area contributed by atoms with Crippen LogP contribution in [0.25, 0.3) is 0 Å². The van der Waals surface area contributed by atoms with Gasteiger partial charge in [-0.2, -0.15) is 0 Å². The van der Waals surface area contributed by atoms with Crippen molar-refractivity contribution in [1.82, 2.24) is 0 Å². The summed E-state index contributed by atoms with van der Waals surface area (Å²) in [5.74, 6) is 5.96. The van der Waals surface area contributed by atoms with E-state index in [0.29, 0.717) is 6.61 Å². The highest BCUT2D eigenvalue weighted by molar-refractivity contribution is 5.45. The van der Waals surface area contributed by atoms with Crippen molar-refractivity contribution in [2.45, 2.75) is 20.3 Å². The number of rotatable bonds is 4. The Bertz CT molecular complexity index is 310. The molecule has 0 amide bonds. The van der Waals surface area contributed by atoms with Gasteiger partial charge in [0.2, 0.25) is 0 Å². The van der Waals surface area contributed by atoms with Crippen LogP contribution >= 0.6 is 0 Å². The minimum absolute atomic E-state index is 0.515. The zero-order valence-electron chi connectivity index (χ0n) is 8.96. The molecule has 0 unspecified atom stereocenters. The average molecular weight is 195 g/mol. The fraction of sp³-hybridized carbons (Fsp3) is 0.455. The van der Waals surface area contributed by atoms with E-state index >= 15 is 0 Å². The molecule has 78 valence electrons. The minimum atomic E-state index is 0.515. The van der Waals surface area contributed by atoms with Crippen molar-refractivity contribution in [1.29, 1.82) is 0 Å². The van der Waals surface area contributed by atoms with Crippen molar-refractivity contribution in [3.05, 3.63) is 28.8 Å². The lowest BCUT2D eigenvalue weighted by atomic mass is 10.0. The summed E-state index contributed by atoms with van der Waals surface area (Å²) in [6.45, 7) is 4.61. The van der Waals surface area contributed by atoms with E-state index in [0.717, 1.165) is 17.7 Å². The Kier molecular flexibility index (Phi) is 3.92. The first-order valence-corrected chi connectivity index (χ1v) is 4.65. The molecule has 1 aromatic rings. The second-order valence-corrected chi connectivity index (χ2v) is 3.33. The molecule has 1 aromatic carbocycles. The van der Waals surface area contributed by atoms with Gasteiger partial charge in [0.05, 0.1) is 13.7 Å². The first-order chi connectivity index (χ1) is 6.70. The van der Waals surface area contributed by atoms with Gasteiger partial charge in [-0.15, -0.1) is 0 Å². The van der Waals surface area contributed by atoms with Gasteiger partial charge in [-0.3, -0.25) is 0 Å². The molecular formula is C11H17NO2. The molecule has 0 saturated heterocycles. The van der Waals surface area contributed by atoms with Gasteiger partial charge < -0.3 is 9.57 Å². The van der Waals surface area contributed by atoms with E-state index in [-0.39, 0.29) is 0 Å². The zero-order valence-corrected chi connectivity index (χ0v) is 8.96. The second-order valence-electron chi connectivity index (χ2n) is 3.33. The molecule has 0 spiro atoms. The fourth-order valence-corrected chi connectivity index (χ4v) is 1.60. The van der Waals surface area contributed by atoms with Crippen molar-refractivity contribution in [2.75, 3.05) is 13.7 Å². The minimum Gasteiger partial charge on any atom is -0.496 e. The lowest BCUT2D eigenvalue weighted by Crippen LogP contribution is -2.06. The van der Waals surface area contributed by atoms with E-state index in [1.165, 1.54) is 11.1 Å². The summed E-state index contributed by atoms with van der Waals surface area (Å²) in [5, 5.41) is 0. The third-order valence-electron chi connectivity index (χ3n) is 2.37. The highest BCUT2D eigenvalue weighted by Gasteiger charge is 2.08. The van der Waals surface area contributed by atoms with Crippen LogP contribution in [-0.4, -0.2) is 13.7 Å². The number of hydrogen-bond donors (Lipinski definition) is 1. The lowest BCUT2D eigenvalue weighted by Gasteiger charge is -2.13. The van der Waals surface area contributed by atoms with Gasteiger partial charge >= 0.3 is 0 Å². The molecule has 0 fully saturated rings.